The summed E-state index contributed by atoms with van der Waals surface area (Å²) in [6.07, 6.45) is 2.02. The van der Waals surface area contributed by atoms with Gasteiger partial charge >= 0.3 is 0 Å². The summed E-state index contributed by atoms with van der Waals surface area (Å²) in [7, 11) is -3.67. The van der Waals surface area contributed by atoms with Crippen molar-refractivity contribution in [2.45, 2.75) is 39.3 Å². The molecule has 2 atom stereocenters. The van der Waals surface area contributed by atoms with Crippen molar-refractivity contribution in [1.82, 2.24) is 5.32 Å². The Kier molecular flexibility index (Phi) is 6.89. The van der Waals surface area contributed by atoms with Gasteiger partial charge in [-0.25, -0.2) is 8.42 Å². The van der Waals surface area contributed by atoms with Gasteiger partial charge in [0.2, 0.25) is 15.9 Å². The van der Waals surface area contributed by atoms with E-state index >= 15 is 0 Å². The zero-order valence-electron chi connectivity index (χ0n) is 15.9. The van der Waals surface area contributed by atoms with Crippen molar-refractivity contribution >= 4 is 33.2 Å². The second-order valence-corrected chi connectivity index (χ2v) is 8.84. The Labute approximate surface area is 166 Å². The zero-order valence-corrected chi connectivity index (χ0v) is 17.5. The number of aryl methyl sites for hydroxylation is 1. The molecule has 2 aromatic carbocycles. The third kappa shape index (κ3) is 5.47. The van der Waals surface area contributed by atoms with Gasteiger partial charge in [0.15, 0.2) is 0 Å². The van der Waals surface area contributed by atoms with E-state index in [4.69, 9.17) is 11.6 Å². The smallest absolute Gasteiger partial charge is 0.244 e. The van der Waals surface area contributed by atoms with Gasteiger partial charge in [-0.05, 0) is 49.6 Å². The van der Waals surface area contributed by atoms with E-state index in [0.29, 0.717) is 10.7 Å². The largest absolute Gasteiger partial charge is 0.348 e. The predicted molar refractivity (Wildman–Crippen MR) is 111 cm³/mol. The lowest BCUT2D eigenvalue weighted by Gasteiger charge is -2.29. The average Bonchev–Trinajstić information content (AvgIpc) is 2.60. The molecular weight excluding hydrogens is 384 g/mol. The summed E-state index contributed by atoms with van der Waals surface area (Å²) in [6, 6.07) is 13.3. The first-order chi connectivity index (χ1) is 12.6. The lowest BCUT2D eigenvalue weighted by molar-refractivity contribution is -0.122. The van der Waals surface area contributed by atoms with Crippen LogP contribution in [0, 0.1) is 0 Å². The van der Waals surface area contributed by atoms with Crippen LogP contribution in [-0.2, 0) is 21.2 Å². The molecule has 0 fully saturated rings. The lowest BCUT2D eigenvalue weighted by Crippen LogP contribution is -2.48. The van der Waals surface area contributed by atoms with Crippen molar-refractivity contribution in [1.29, 1.82) is 0 Å². The Bertz CT molecular complexity index is 898. The van der Waals surface area contributed by atoms with Crippen LogP contribution in [0.2, 0.25) is 5.02 Å². The first-order valence-electron chi connectivity index (χ1n) is 8.77. The van der Waals surface area contributed by atoms with E-state index in [-0.39, 0.29) is 11.9 Å². The number of carbonyl (C=O) groups excluding carboxylic acids is 1. The molecule has 2 rings (SSSR count). The number of hydrogen-bond acceptors (Lipinski definition) is 3. The Morgan fingerprint density at radius 3 is 2.30 bits per heavy atom. The number of hydrogen-bond donors (Lipinski definition) is 1. The first kappa shape index (κ1) is 21.3. The molecule has 0 aliphatic carbocycles. The van der Waals surface area contributed by atoms with Crippen LogP contribution in [0.5, 0.6) is 0 Å². The molecule has 0 saturated carbocycles. The van der Waals surface area contributed by atoms with Gasteiger partial charge in [0.25, 0.3) is 0 Å². The Hall–Kier alpha value is -2.05. The highest BCUT2D eigenvalue weighted by Crippen LogP contribution is 2.24. The van der Waals surface area contributed by atoms with Crippen LogP contribution in [0.3, 0.4) is 0 Å². The number of nitrogens with zero attached hydrogens (tertiary/aromatic N) is 1. The summed E-state index contributed by atoms with van der Waals surface area (Å²) in [6.45, 7) is 5.51. The molecule has 0 spiro atoms. The molecule has 0 unspecified atom stereocenters. The van der Waals surface area contributed by atoms with Gasteiger partial charge in [0.05, 0.1) is 18.0 Å². The lowest BCUT2D eigenvalue weighted by atomic mass is 10.0. The van der Waals surface area contributed by atoms with Crippen LogP contribution >= 0.6 is 11.6 Å². The monoisotopic (exact) mass is 408 g/mol. The summed E-state index contributed by atoms with van der Waals surface area (Å²) in [5.41, 5.74) is 2.53. The molecule has 0 aliphatic rings. The summed E-state index contributed by atoms with van der Waals surface area (Å²) in [4.78, 5) is 12.7. The van der Waals surface area contributed by atoms with E-state index < -0.39 is 16.1 Å². The van der Waals surface area contributed by atoms with Crippen molar-refractivity contribution in [2.75, 3.05) is 10.6 Å². The van der Waals surface area contributed by atoms with Crippen LogP contribution in [0.1, 0.15) is 37.9 Å². The van der Waals surface area contributed by atoms with Crippen LogP contribution in [0.15, 0.2) is 48.5 Å². The summed E-state index contributed by atoms with van der Waals surface area (Å²) >= 11 is 5.99. The third-order valence-corrected chi connectivity index (χ3v) is 5.87. The highest BCUT2D eigenvalue weighted by molar-refractivity contribution is 7.92. The molecule has 1 N–H and O–H groups in total. The highest BCUT2D eigenvalue weighted by atomic mass is 35.5. The molecule has 5 nitrogen and oxygen atoms in total. The van der Waals surface area contributed by atoms with Gasteiger partial charge in [-0.2, -0.15) is 0 Å². The second kappa shape index (κ2) is 8.76. The molecule has 0 saturated heterocycles. The number of halogens is 1. The van der Waals surface area contributed by atoms with Crippen LogP contribution in [0.4, 0.5) is 5.69 Å². The second-order valence-electron chi connectivity index (χ2n) is 6.54. The fourth-order valence-electron chi connectivity index (χ4n) is 2.88. The molecule has 27 heavy (non-hydrogen) atoms. The molecular formula is C20H25ClN2O3S. The summed E-state index contributed by atoms with van der Waals surface area (Å²) < 4.78 is 25.7. The van der Waals surface area contributed by atoms with Crippen molar-refractivity contribution < 1.29 is 13.2 Å². The molecule has 1 amide bonds. The van der Waals surface area contributed by atoms with Crippen molar-refractivity contribution in [3.63, 3.8) is 0 Å². The minimum Gasteiger partial charge on any atom is -0.348 e. The van der Waals surface area contributed by atoms with Crippen LogP contribution < -0.4 is 9.62 Å². The average molecular weight is 409 g/mol. The normalized spacial score (nSPS) is 13.7. The summed E-state index contributed by atoms with van der Waals surface area (Å²) in [5.74, 6) is -0.382. The number of amides is 1. The molecule has 146 valence electrons. The highest BCUT2D eigenvalue weighted by Gasteiger charge is 2.30. The number of benzene rings is 2. The summed E-state index contributed by atoms with van der Waals surface area (Å²) in [5, 5.41) is 3.29. The maximum Gasteiger partial charge on any atom is 0.244 e. The molecule has 7 heteroatoms. The van der Waals surface area contributed by atoms with Gasteiger partial charge in [0.1, 0.15) is 6.04 Å². The number of nitrogens with one attached hydrogen (secondary N) is 1. The standard InChI is InChI=1S/C20H25ClN2O3S/c1-5-16-9-11-17(12-10-16)14(2)22-20(24)15(3)23(27(4,25)26)19-8-6-7-18(21)13-19/h6-15H,5H2,1-4H3,(H,22,24)/t14-,15+/m0/s1. The fourth-order valence-corrected chi connectivity index (χ4v) is 4.23. The van der Waals surface area contributed by atoms with Gasteiger partial charge in [0, 0.05) is 5.02 Å². The topological polar surface area (TPSA) is 66.5 Å². The SMILES string of the molecule is CCc1ccc([C@H](C)NC(=O)[C@@H](C)N(c2cccc(Cl)c2)S(C)(=O)=O)cc1. The van der Waals surface area contributed by atoms with E-state index in [1.54, 1.807) is 25.1 Å². The molecule has 2 aromatic rings. The Balaban J connectivity index is 2.21. The van der Waals surface area contributed by atoms with Crippen molar-refractivity contribution in [2.24, 2.45) is 0 Å². The van der Waals surface area contributed by atoms with E-state index in [2.05, 4.69) is 12.2 Å². The number of anilines is 1. The Morgan fingerprint density at radius 1 is 1.15 bits per heavy atom. The van der Waals surface area contributed by atoms with Crippen molar-refractivity contribution in [3.8, 4) is 0 Å². The van der Waals surface area contributed by atoms with E-state index in [0.717, 1.165) is 22.5 Å². The molecule has 0 radical (unpaired) electrons. The molecule has 0 heterocycles. The van der Waals surface area contributed by atoms with Gasteiger partial charge in [-0.3, -0.25) is 9.10 Å². The van der Waals surface area contributed by atoms with Gasteiger partial charge < -0.3 is 5.32 Å². The maximum atomic E-state index is 12.7. The minimum absolute atomic E-state index is 0.244. The fraction of sp³-hybridized carbons (Fsp3) is 0.350. The maximum absolute atomic E-state index is 12.7. The van der Waals surface area contributed by atoms with E-state index in [9.17, 15) is 13.2 Å². The number of sulfonamides is 1. The van der Waals surface area contributed by atoms with Crippen molar-refractivity contribution in [3.05, 3.63) is 64.7 Å². The van der Waals surface area contributed by atoms with Crippen LogP contribution in [-0.4, -0.2) is 26.6 Å². The predicted octanol–water partition coefficient (Wildman–Crippen LogP) is 3.93. The number of carbonyl (C=O) groups is 1. The molecule has 0 bridgehead atoms. The Morgan fingerprint density at radius 2 is 1.78 bits per heavy atom. The van der Waals surface area contributed by atoms with E-state index in [1.165, 1.54) is 11.6 Å². The number of rotatable bonds is 7. The first-order valence-corrected chi connectivity index (χ1v) is 11.0. The third-order valence-electron chi connectivity index (χ3n) is 4.40. The van der Waals surface area contributed by atoms with Crippen LogP contribution in [0.25, 0.3) is 0 Å². The van der Waals surface area contributed by atoms with E-state index in [1.807, 2.05) is 31.2 Å². The minimum atomic E-state index is -3.67. The molecule has 0 aromatic heterocycles. The molecule has 0 aliphatic heterocycles. The van der Waals surface area contributed by atoms with Gasteiger partial charge in [-0.15, -0.1) is 0 Å². The van der Waals surface area contributed by atoms with Gasteiger partial charge in [-0.1, -0.05) is 48.9 Å². The quantitative estimate of drug-likeness (QED) is 0.754. The zero-order chi connectivity index (χ0) is 20.2.